The van der Waals surface area contributed by atoms with Crippen molar-refractivity contribution < 1.29 is 5.11 Å². The number of anilines is 1. The van der Waals surface area contributed by atoms with Crippen LogP contribution < -0.4 is 5.32 Å². The third kappa shape index (κ3) is 1.72. The lowest BCUT2D eigenvalue weighted by atomic mass is 9.89. The van der Waals surface area contributed by atoms with Crippen LogP contribution in [0.1, 0.15) is 30.5 Å². The van der Waals surface area contributed by atoms with Crippen LogP contribution in [0.4, 0.5) is 5.82 Å². The van der Waals surface area contributed by atoms with Crippen LogP contribution in [-0.4, -0.2) is 22.2 Å². The molecule has 2 N–H and O–H groups in total. The number of rotatable bonds is 2. The van der Waals surface area contributed by atoms with E-state index in [1.807, 2.05) is 0 Å². The van der Waals surface area contributed by atoms with Gasteiger partial charge in [0, 0.05) is 11.7 Å². The smallest absolute Gasteiger partial charge is 0.126 e. The molecule has 1 aromatic rings. The van der Waals surface area contributed by atoms with Gasteiger partial charge in [0.15, 0.2) is 0 Å². The van der Waals surface area contributed by atoms with Crippen molar-refractivity contribution in [3.63, 3.8) is 0 Å². The Morgan fingerprint density at radius 2 is 2.13 bits per heavy atom. The molecule has 0 spiro atoms. The number of aliphatic hydroxyl groups excluding tert-OH is 1. The normalized spacial score (nSPS) is 28.3. The van der Waals surface area contributed by atoms with Crippen LogP contribution in [0.15, 0.2) is 12.1 Å². The zero-order valence-electron chi connectivity index (χ0n) is 8.74. The van der Waals surface area contributed by atoms with Gasteiger partial charge >= 0.3 is 0 Å². The summed E-state index contributed by atoms with van der Waals surface area (Å²) >= 11 is 0. The number of pyridine rings is 1. The summed E-state index contributed by atoms with van der Waals surface area (Å²) in [6.45, 7) is 0. The molecular formula is C12H16N2O. The average molecular weight is 204 g/mol. The Hall–Kier alpha value is -1.09. The van der Waals surface area contributed by atoms with Gasteiger partial charge < -0.3 is 10.4 Å². The van der Waals surface area contributed by atoms with E-state index in [0.29, 0.717) is 6.04 Å². The predicted molar refractivity (Wildman–Crippen MR) is 58.9 cm³/mol. The van der Waals surface area contributed by atoms with Crippen molar-refractivity contribution in [1.29, 1.82) is 0 Å². The maximum Gasteiger partial charge on any atom is 0.126 e. The Morgan fingerprint density at radius 3 is 2.93 bits per heavy atom. The second kappa shape index (κ2) is 3.49. The van der Waals surface area contributed by atoms with Crippen molar-refractivity contribution in [2.24, 2.45) is 0 Å². The number of fused-ring (bicyclic) bond motifs is 1. The number of nitrogens with one attached hydrogen (secondary N) is 1. The second-order valence-corrected chi connectivity index (χ2v) is 4.62. The fourth-order valence-corrected chi connectivity index (χ4v) is 2.42. The highest BCUT2D eigenvalue weighted by atomic mass is 16.3. The first-order valence-corrected chi connectivity index (χ1v) is 5.74. The summed E-state index contributed by atoms with van der Waals surface area (Å²) in [6.07, 6.45) is 5.17. The van der Waals surface area contributed by atoms with Crippen LogP contribution in [0, 0.1) is 0 Å². The molecule has 15 heavy (non-hydrogen) atoms. The number of aryl methyl sites for hydroxylation is 2. The largest absolute Gasteiger partial charge is 0.393 e. The fraction of sp³-hybridized carbons (Fsp3) is 0.583. The lowest BCUT2D eigenvalue weighted by molar-refractivity contribution is 0.0835. The Kier molecular flexibility index (Phi) is 2.13. The quantitative estimate of drug-likeness (QED) is 0.767. The minimum absolute atomic E-state index is 0.100. The zero-order chi connectivity index (χ0) is 10.3. The summed E-state index contributed by atoms with van der Waals surface area (Å²) in [5, 5.41) is 12.6. The van der Waals surface area contributed by atoms with E-state index < -0.39 is 0 Å². The minimum Gasteiger partial charge on any atom is -0.393 e. The van der Waals surface area contributed by atoms with Gasteiger partial charge in [-0.3, -0.25) is 0 Å². The standard InChI is InChI=1S/C12H16N2O/c15-10-6-9(7-10)13-12-5-4-8-2-1-3-11(8)14-12/h4-5,9-10,15H,1-3,6-7H2,(H,13,14). The van der Waals surface area contributed by atoms with E-state index in [9.17, 15) is 5.11 Å². The van der Waals surface area contributed by atoms with Crippen molar-refractivity contribution in [3.05, 3.63) is 23.4 Å². The van der Waals surface area contributed by atoms with Crippen molar-refractivity contribution in [1.82, 2.24) is 4.98 Å². The molecule has 0 saturated heterocycles. The van der Waals surface area contributed by atoms with Gasteiger partial charge in [0.1, 0.15) is 5.82 Å². The Labute approximate surface area is 89.5 Å². The van der Waals surface area contributed by atoms with Crippen molar-refractivity contribution in [3.8, 4) is 0 Å². The summed E-state index contributed by atoms with van der Waals surface area (Å²) in [4.78, 5) is 4.61. The van der Waals surface area contributed by atoms with E-state index in [1.165, 1.54) is 24.1 Å². The van der Waals surface area contributed by atoms with Gasteiger partial charge in [0.25, 0.3) is 0 Å². The molecule has 3 rings (SSSR count). The molecule has 1 aromatic heterocycles. The van der Waals surface area contributed by atoms with Gasteiger partial charge in [0.05, 0.1) is 6.10 Å². The zero-order valence-corrected chi connectivity index (χ0v) is 8.74. The summed E-state index contributed by atoms with van der Waals surface area (Å²) in [6, 6.07) is 4.67. The Bertz CT molecular complexity index is 372. The van der Waals surface area contributed by atoms with Crippen LogP contribution >= 0.6 is 0 Å². The molecule has 1 fully saturated rings. The first-order chi connectivity index (χ1) is 7.31. The molecule has 0 bridgehead atoms. The third-order valence-corrected chi connectivity index (χ3v) is 3.39. The molecule has 80 valence electrons. The first-order valence-electron chi connectivity index (χ1n) is 5.74. The van der Waals surface area contributed by atoms with Crippen LogP contribution in [0.3, 0.4) is 0 Å². The molecule has 1 heterocycles. The highest BCUT2D eigenvalue weighted by Gasteiger charge is 2.27. The molecule has 0 radical (unpaired) electrons. The van der Waals surface area contributed by atoms with E-state index >= 15 is 0 Å². The minimum atomic E-state index is -0.100. The molecule has 0 atom stereocenters. The SMILES string of the molecule is OC1CC(Nc2ccc3c(n2)CCC3)C1. The number of hydrogen-bond acceptors (Lipinski definition) is 3. The monoisotopic (exact) mass is 204 g/mol. The number of aromatic nitrogens is 1. The average Bonchev–Trinajstić information content (AvgIpc) is 2.62. The van der Waals surface area contributed by atoms with Crippen molar-refractivity contribution in [2.75, 3.05) is 5.32 Å². The molecule has 0 aromatic carbocycles. The van der Waals surface area contributed by atoms with E-state index in [2.05, 4.69) is 22.4 Å². The van der Waals surface area contributed by atoms with Crippen molar-refractivity contribution >= 4 is 5.82 Å². The van der Waals surface area contributed by atoms with Crippen LogP contribution in [0.5, 0.6) is 0 Å². The molecule has 0 aliphatic heterocycles. The summed E-state index contributed by atoms with van der Waals surface area (Å²) < 4.78 is 0. The Balaban J connectivity index is 1.70. The summed E-state index contributed by atoms with van der Waals surface area (Å²) in [5.41, 5.74) is 2.68. The molecule has 1 saturated carbocycles. The maximum atomic E-state index is 9.19. The van der Waals surface area contributed by atoms with Crippen molar-refractivity contribution in [2.45, 2.75) is 44.2 Å². The fourth-order valence-electron chi connectivity index (χ4n) is 2.42. The van der Waals surface area contributed by atoms with Crippen LogP contribution in [0.25, 0.3) is 0 Å². The molecule has 2 aliphatic carbocycles. The molecule has 3 heteroatoms. The highest BCUT2D eigenvalue weighted by molar-refractivity contribution is 5.41. The lowest BCUT2D eigenvalue weighted by Crippen LogP contribution is -2.39. The van der Waals surface area contributed by atoms with E-state index in [0.717, 1.165) is 25.1 Å². The van der Waals surface area contributed by atoms with E-state index in [4.69, 9.17) is 0 Å². The maximum absolute atomic E-state index is 9.19. The number of hydrogen-bond donors (Lipinski definition) is 2. The van der Waals surface area contributed by atoms with Gasteiger partial charge in [-0.15, -0.1) is 0 Å². The van der Waals surface area contributed by atoms with Gasteiger partial charge in [-0.1, -0.05) is 6.07 Å². The van der Waals surface area contributed by atoms with Crippen LogP contribution in [0.2, 0.25) is 0 Å². The first kappa shape index (κ1) is 9.16. The van der Waals surface area contributed by atoms with Gasteiger partial charge in [-0.05, 0) is 43.7 Å². The molecule has 2 aliphatic rings. The predicted octanol–water partition coefficient (Wildman–Crippen LogP) is 1.51. The van der Waals surface area contributed by atoms with Crippen LogP contribution in [-0.2, 0) is 12.8 Å². The van der Waals surface area contributed by atoms with Gasteiger partial charge in [-0.2, -0.15) is 0 Å². The molecule has 0 unspecified atom stereocenters. The summed E-state index contributed by atoms with van der Waals surface area (Å²) in [5.74, 6) is 0.979. The summed E-state index contributed by atoms with van der Waals surface area (Å²) in [7, 11) is 0. The van der Waals surface area contributed by atoms with Gasteiger partial charge in [-0.25, -0.2) is 4.98 Å². The highest BCUT2D eigenvalue weighted by Crippen LogP contribution is 2.25. The molecule has 3 nitrogen and oxygen atoms in total. The number of nitrogens with zero attached hydrogens (tertiary/aromatic N) is 1. The third-order valence-electron chi connectivity index (χ3n) is 3.39. The topological polar surface area (TPSA) is 45.1 Å². The van der Waals surface area contributed by atoms with Gasteiger partial charge in [0.2, 0.25) is 0 Å². The van der Waals surface area contributed by atoms with E-state index in [1.54, 1.807) is 0 Å². The van der Waals surface area contributed by atoms with E-state index in [-0.39, 0.29) is 6.10 Å². The number of aliphatic hydroxyl groups is 1. The Morgan fingerprint density at radius 1 is 1.27 bits per heavy atom. The molecular weight excluding hydrogens is 188 g/mol. The second-order valence-electron chi connectivity index (χ2n) is 4.62. The lowest BCUT2D eigenvalue weighted by Gasteiger charge is -2.32. The molecule has 0 amide bonds.